The number of carboxylic acid groups (broad SMARTS) is 2. The van der Waals surface area contributed by atoms with Gasteiger partial charge in [0.05, 0.1) is 37.5 Å². The topological polar surface area (TPSA) is 204 Å². The van der Waals surface area contributed by atoms with Gasteiger partial charge < -0.3 is 10.2 Å². The highest BCUT2D eigenvalue weighted by molar-refractivity contribution is 6.05. The summed E-state index contributed by atoms with van der Waals surface area (Å²) < 4.78 is 0. The molecule has 13 nitrogen and oxygen atoms in total. The predicted octanol–water partition coefficient (Wildman–Crippen LogP) is 2.47. The van der Waals surface area contributed by atoms with Gasteiger partial charge in [-0.15, -0.1) is 0 Å². The Morgan fingerprint density at radius 3 is 1.70 bits per heavy atom. The molecule has 0 amide bonds. The molecule has 138 valence electrons. The van der Waals surface area contributed by atoms with E-state index in [1.165, 1.54) is 0 Å². The zero-order chi connectivity index (χ0) is 20.5. The van der Waals surface area contributed by atoms with Gasteiger partial charge >= 0.3 is 11.9 Å². The number of benzene rings is 2. The van der Waals surface area contributed by atoms with E-state index in [9.17, 15) is 50.1 Å². The van der Waals surface area contributed by atoms with Gasteiger partial charge in [0.1, 0.15) is 0 Å². The van der Waals surface area contributed by atoms with Crippen LogP contribution in [0.3, 0.4) is 0 Å². The minimum atomic E-state index is -1.79. The molecular weight excluding hydrogens is 370 g/mol. The maximum absolute atomic E-state index is 11.5. The Hall–Kier alpha value is -4.42. The van der Waals surface area contributed by atoms with Crippen molar-refractivity contribution in [3.63, 3.8) is 0 Å². The van der Waals surface area contributed by atoms with Crippen molar-refractivity contribution in [2.24, 2.45) is 0 Å². The van der Waals surface area contributed by atoms with Crippen molar-refractivity contribution < 1.29 is 34.6 Å². The first-order valence-electron chi connectivity index (χ1n) is 6.76. The molecule has 2 rings (SSSR count). The van der Waals surface area contributed by atoms with Crippen molar-refractivity contribution in [1.29, 1.82) is 0 Å². The summed E-state index contributed by atoms with van der Waals surface area (Å²) in [5.41, 5.74) is -5.45. The molecule has 0 heterocycles. The molecule has 0 saturated heterocycles. The molecule has 0 aliphatic heterocycles. The lowest BCUT2D eigenvalue weighted by Gasteiger charge is -2.10. The third-order valence-electron chi connectivity index (χ3n) is 3.45. The Morgan fingerprint density at radius 2 is 1.26 bits per heavy atom. The second kappa shape index (κ2) is 6.83. The highest BCUT2D eigenvalue weighted by atomic mass is 16.6. The highest BCUT2D eigenvalue weighted by Crippen LogP contribution is 2.39. The van der Waals surface area contributed by atoms with E-state index >= 15 is 0 Å². The molecule has 0 saturated carbocycles. The molecule has 0 spiro atoms. The van der Waals surface area contributed by atoms with Crippen LogP contribution in [0.4, 0.5) is 17.1 Å². The van der Waals surface area contributed by atoms with Crippen LogP contribution in [0, 0.1) is 30.3 Å². The summed E-state index contributed by atoms with van der Waals surface area (Å²) in [7, 11) is 0. The van der Waals surface area contributed by atoms with E-state index in [-0.39, 0.29) is 0 Å². The van der Waals surface area contributed by atoms with Crippen molar-refractivity contribution in [3.05, 3.63) is 71.8 Å². The first-order valence-corrected chi connectivity index (χ1v) is 6.76. The van der Waals surface area contributed by atoms with Gasteiger partial charge in [0.25, 0.3) is 17.1 Å². The van der Waals surface area contributed by atoms with Crippen LogP contribution in [0.15, 0.2) is 30.3 Å². The minimum absolute atomic E-state index is 0.481. The van der Waals surface area contributed by atoms with Crippen molar-refractivity contribution in [2.75, 3.05) is 0 Å². The molecule has 0 aliphatic rings. The van der Waals surface area contributed by atoms with Gasteiger partial charge in [-0.3, -0.25) is 30.3 Å². The van der Waals surface area contributed by atoms with Crippen LogP contribution in [0.2, 0.25) is 0 Å². The first kappa shape index (κ1) is 18.9. The summed E-state index contributed by atoms with van der Waals surface area (Å²) in [6.45, 7) is 0. The lowest BCUT2D eigenvalue weighted by Crippen LogP contribution is -2.08. The molecule has 0 radical (unpaired) electrons. The molecule has 27 heavy (non-hydrogen) atoms. The zero-order valence-electron chi connectivity index (χ0n) is 12.9. The number of nitrogens with zero attached hydrogens (tertiary/aromatic N) is 3. The minimum Gasteiger partial charge on any atom is -0.478 e. The molecule has 13 heteroatoms. The molecule has 2 aromatic carbocycles. The van der Waals surface area contributed by atoms with Crippen molar-refractivity contribution in [1.82, 2.24) is 0 Å². The van der Waals surface area contributed by atoms with Gasteiger partial charge in [-0.2, -0.15) is 0 Å². The van der Waals surface area contributed by atoms with Gasteiger partial charge in [0.15, 0.2) is 0 Å². The smallest absolute Gasteiger partial charge is 0.336 e. The number of hydrogen-bond donors (Lipinski definition) is 2. The van der Waals surface area contributed by atoms with Crippen molar-refractivity contribution >= 4 is 29.0 Å². The van der Waals surface area contributed by atoms with Gasteiger partial charge in [0.2, 0.25) is 0 Å². The normalized spacial score (nSPS) is 10.2. The molecular formula is C14H7N3O10. The zero-order valence-corrected chi connectivity index (χ0v) is 12.9. The number of aromatic carboxylic acids is 2. The van der Waals surface area contributed by atoms with E-state index < -0.39 is 66.0 Å². The molecule has 0 unspecified atom stereocenters. The second-order valence-electron chi connectivity index (χ2n) is 5.00. The summed E-state index contributed by atoms with van der Waals surface area (Å²) in [5, 5.41) is 51.7. The maximum atomic E-state index is 11.5. The number of carboxylic acids is 2. The summed E-state index contributed by atoms with van der Waals surface area (Å²) in [6.07, 6.45) is 0. The van der Waals surface area contributed by atoms with Gasteiger partial charge in [-0.1, -0.05) is 0 Å². The van der Waals surface area contributed by atoms with E-state index in [0.717, 1.165) is 12.1 Å². The molecule has 0 fully saturated rings. The van der Waals surface area contributed by atoms with E-state index in [2.05, 4.69) is 0 Å². The number of carbonyl (C=O) groups is 2. The maximum Gasteiger partial charge on any atom is 0.336 e. The fourth-order valence-corrected chi connectivity index (χ4v) is 2.35. The Morgan fingerprint density at radius 1 is 0.741 bits per heavy atom. The quantitative estimate of drug-likeness (QED) is 0.555. The molecule has 0 atom stereocenters. The fourth-order valence-electron chi connectivity index (χ4n) is 2.35. The number of nitro groups is 3. The number of rotatable bonds is 6. The van der Waals surface area contributed by atoms with Crippen LogP contribution in [0.5, 0.6) is 0 Å². The average molecular weight is 377 g/mol. The molecule has 2 N–H and O–H groups in total. The van der Waals surface area contributed by atoms with Crippen LogP contribution in [0.1, 0.15) is 20.7 Å². The number of nitro benzene ring substituents is 3. The average Bonchev–Trinajstić information content (AvgIpc) is 2.59. The Balaban J connectivity index is 2.99. The second-order valence-corrected chi connectivity index (χ2v) is 5.00. The lowest BCUT2D eigenvalue weighted by molar-refractivity contribution is -0.393. The molecule has 0 bridgehead atoms. The number of non-ortho nitro benzene ring substituents is 2. The highest BCUT2D eigenvalue weighted by Gasteiger charge is 2.31. The van der Waals surface area contributed by atoms with Gasteiger partial charge in [-0.05, 0) is 6.07 Å². The molecule has 0 aliphatic carbocycles. The van der Waals surface area contributed by atoms with Crippen LogP contribution in [-0.2, 0) is 0 Å². The van der Waals surface area contributed by atoms with E-state index in [1.807, 2.05) is 0 Å². The third-order valence-corrected chi connectivity index (χ3v) is 3.45. The van der Waals surface area contributed by atoms with Crippen LogP contribution in [-0.4, -0.2) is 36.9 Å². The summed E-state index contributed by atoms with van der Waals surface area (Å²) in [5.74, 6) is -3.50. The Kier molecular flexibility index (Phi) is 4.78. The Bertz CT molecular complexity index is 995. The van der Waals surface area contributed by atoms with Gasteiger partial charge in [-0.25, -0.2) is 9.59 Å². The monoisotopic (exact) mass is 377 g/mol. The SMILES string of the molecule is O=C(O)c1cc([N+](=O)[O-])ccc1-c1c(C(=O)O)cc([N+](=O)[O-])cc1[N+](=O)[O-]. The van der Waals surface area contributed by atoms with E-state index in [4.69, 9.17) is 0 Å². The Labute approximate surface area is 147 Å². The number of hydrogen-bond acceptors (Lipinski definition) is 8. The van der Waals surface area contributed by atoms with Crippen LogP contribution >= 0.6 is 0 Å². The molecule has 2 aromatic rings. The van der Waals surface area contributed by atoms with E-state index in [1.54, 1.807) is 0 Å². The fraction of sp³-hybridized carbons (Fsp3) is 0. The van der Waals surface area contributed by atoms with Gasteiger partial charge in [0, 0.05) is 23.8 Å². The van der Waals surface area contributed by atoms with Crippen LogP contribution < -0.4 is 0 Å². The van der Waals surface area contributed by atoms with E-state index in [0.29, 0.717) is 18.2 Å². The van der Waals surface area contributed by atoms with Crippen molar-refractivity contribution in [3.8, 4) is 11.1 Å². The standard InChI is InChI=1S/C14H7N3O10/c18-13(19)9-3-6(15(22)23)1-2-8(9)12-10(14(20)21)4-7(16(24)25)5-11(12)17(26)27/h1-5H,(H,18,19)(H,20,21). The molecule has 0 aromatic heterocycles. The van der Waals surface area contributed by atoms with Crippen LogP contribution in [0.25, 0.3) is 11.1 Å². The third kappa shape index (κ3) is 3.51. The van der Waals surface area contributed by atoms with Crippen molar-refractivity contribution in [2.45, 2.75) is 0 Å². The largest absolute Gasteiger partial charge is 0.478 e. The lowest BCUT2D eigenvalue weighted by atomic mass is 9.92. The summed E-state index contributed by atoms with van der Waals surface area (Å²) >= 11 is 0. The summed E-state index contributed by atoms with van der Waals surface area (Å²) in [6, 6.07) is 3.29. The summed E-state index contributed by atoms with van der Waals surface area (Å²) in [4.78, 5) is 53.0. The predicted molar refractivity (Wildman–Crippen MR) is 85.8 cm³/mol. The first-order chi connectivity index (χ1) is 12.5.